The Kier molecular flexibility index (Phi) is 6.74. The van der Waals surface area contributed by atoms with E-state index in [9.17, 15) is 14.4 Å². The number of nitrogens with zero attached hydrogens (tertiary/aromatic N) is 2. The maximum Gasteiger partial charge on any atom is 0.415 e. The van der Waals surface area contributed by atoms with E-state index in [0.29, 0.717) is 6.42 Å². The molecule has 1 aliphatic rings. The molecule has 180 valence electrons. The Morgan fingerprint density at radius 3 is 2.34 bits per heavy atom. The highest BCUT2D eigenvalue weighted by molar-refractivity contribution is 6.04. The highest BCUT2D eigenvalue weighted by Crippen LogP contribution is 2.38. The van der Waals surface area contributed by atoms with Gasteiger partial charge in [0.25, 0.3) is 5.91 Å². The van der Waals surface area contributed by atoms with Crippen LogP contribution in [0.1, 0.15) is 37.8 Å². The fraction of sp³-hybridized carbons (Fsp3) is 0.276. The zero-order valence-corrected chi connectivity index (χ0v) is 20.5. The van der Waals surface area contributed by atoms with Crippen LogP contribution >= 0.6 is 0 Å². The average Bonchev–Trinajstić information content (AvgIpc) is 2.87. The van der Waals surface area contributed by atoms with Crippen molar-refractivity contribution in [1.29, 1.82) is 0 Å². The molecule has 3 aromatic rings. The second-order valence-corrected chi connectivity index (χ2v) is 9.55. The first kappa shape index (κ1) is 24.2. The Morgan fingerprint density at radius 2 is 1.63 bits per heavy atom. The van der Waals surface area contributed by atoms with E-state index in [2.05, 4.69) is 18.2 Å². The average molecular weight is 471 g/mol. The van der Waals surface area contributed by atoms with Crippen molar-refractivity contribution >= 4 is 28.7 Å². The summed E-state index contributed by atoms with van der Waals surface area (Å²) in [4.78, 5) is 42.3. The van der Waals surface area contributed by atoms with Gasteiger partial charge in [-0.15, -0.1) is 0 Å². The number of rotatable bonds is 5. The zero-order chi connectivity index (χ0) is 25.2. The van der Waals surface area contributed by atoms with Gasteiger partial charge < -0.3 is 4.74 Å². The van der Waals surface area contributed by atoms with Gasteiger partial charge in [0.15, 0.2) is 0 Å². The van der Waals surface area contributed by atoms with Crippen LogP contribution < -0.4 is 0 Å². The molecule has 2 atom stereocenters. The summed E-state index contributed by atoms with van der Waals surface area (Å²) in [5.41, 5.74) is 1.17. The minimum absolute atomic E-state index is 0.365. The summed E-state index contributed by atoms with van der Waals surface area (Å²) in [5.74, 6) is -1.38. The predicted molar refractivity (Wildman–Crippen MR) is 135 cm³/mol. The van der Waals surface area contributed by atoms with Gasteiger partial charge in [0.05, 0.1) is 13.0 Å². The molecule has 1 heterocycles. The summed E-state index contributed by atoms with van der Waals surface area (Å²) in [6, 6.07) is 23.5. The van der Waals surface area contributed by atoms with E-state index < -0.39 is 29.5 Å². The van der Waals surface area contributed by atoms with Crippen LogP contribution in [-0.4, -0.2) is 41.0 Å². The summed E-state index contributed by atoms with van der Waals surface area (Å²) in [6.45, 7) is 5.71. The van der Waals surface area contributed by atoms with Gasteiger partial charge in [0.1, 0.15) is 6.17 Å². The first-order valence-electron chi connectivity index (χ1n) is 11.7. The lowest BCUT2D eigenvalue weighted by Crippen LogP contribution is -2.62. The number of amides is 3. The molecule has 1 aliphatic heterocycles. The lowest BCUT2D eigenvalue weighted by atomic mass is 9.79. The van der Waals surface area contributed by atoms with E-state index in [1.54, 1.807) is 6.92 Å². The highest BCUT2D eigenvalue weighted by atomic mass is 16.5. The summed E-state index contributed by atoms with van der Waals surface area (Å²) >= 11 is 0. The molecule has 4 rings (SSSR count). The lowest BCUT2D eigenvalue weighted by Gasteiger charge is -2.47. The number of methoxy groups -OCH3 is 1. The molecule has 6 nitrogen and oxygen atoms in total. The molecule has 0 saturated carbocycles. The first-order chi connectivity index (χ1) is 16.7. The summed E-state index contributed by atoms with van der Waals surface area (Å²) < 4.78 is 5.03. The van der Waals surface area contributed by atoms with E-state index in [1.165, 1.54) is 29.2 Å². The topological polar surface area (TPSA) is 66.9 Å². The Bertz CT molecular complexity index is 1280. The molecule has 0 fully saturated rings. The number of carbonyl (C=O) groups is 3. The number of hydrogen-bond acceptors (Lipinski definition) is 4. The van der Waals surface area contributed by atoms with E-state index in [1.807, 2.05) is 68.4 Å². The summed E-state index contributed by atoms with van der Waals surface area (Å²) in [6.07, 6.45) is 1.69. The van der Waals surface area contributed by atoms with Crippen molar-refractivity contribution in [2.75, 3.05) is 7.11 Å². The van der Waals surface area contributed by atoms with Crippen molar-refractivity contribution in [3.63, 3.8) is 0 Å². The predicted octanol–water partition coefficient (Wildman–Crippen LogP) is 5.49. The van der Waals surface area contributed by atoms with Crippen LogP contribution in [0.4, 0.5) is 4.79 Å². The summed E-state index contributed by atoms with van der Waals surface area (Å²) in [5, 5.41) is 2.21. The van der Waals surface area contributed by atoms with Crippen LogP contribution in [-0.2, 0) is 20.7 Å². The Labute approximate surface area is 205 Å². The quantitative estimate of drug-likeness (QED) is 0.495. The van der Waals surface area contributed by atoms with Crippen molar-refractivity contribution < 1.29 is 19.1 Å². The first-order valence-corrected chi connectivity index (χ1v) is 11.7. The number of fused-ring (bicyclic) bond motifs is 1. The minimum atomic E-state index is -0.870. The number of benzene rings is 3. The molecule has 3 amide bonds. The summed E-state index contributed by atoms with van der Waals surface area (Å²) in [7, 11) is 1.29. The lowest BCUT2D eigenvalue weighted by molar-refractivity contribution is -0.155. The molecule has 6 heteroatoms. The van der Waals surface area contributed by atoms with Crippen LogP contribution in [0.5, 0.6) is 0 Å². The van der Waals surface area contributed by atoms with Crippen LogP contribution in [0.25, 0.3) is 10.8 Å². The van der Waals surface area contributed by atoms with Gasteiger partial charge in [-0.05, 0) is 35.2 Å². The molecular weight excluding hydrogens is 440 g/mol. The smallest absolute Gasteiger partial charge is 0.415 e. The molecule has 0 aliphatic carbocycles. The van der Waals surface area contributed by atoms with Gasteiger partial charge in [-0.3, -0.25) is 19.4 Å². The van der Waals surface area contributed by atoms with E-state index in [4.69, 9.17) is 4.74 Å². The number of carbonyl (C=O) groups excluding carboxylic acids is 3. The third kappa shape index (κ3) is 4.69. The Hall–Kier alpha value is -3.93. The maximum atomic E-state index is 13.8. The Morgan fingerprint density at radius 1 is 0.971 bits per heavy atom. The van der Waals surface area contributed by atoms with Gasteiger partial charge >= 0.3 is 6.09 Å². The van der Waals surface area contributed by atoms with Crippen molar-refractivity contribution in [1.82, 2.24) is 9.80 Å². The number of hydrogen-bond donors (Lipinski definition) is 0. The molecule has 0 spiro atoms. The van der Waals surface area contributed by atoms with Gasteiger partial charge in [-0.2, -0.15) is 0 Å². The second kappa shape index (κ2) is 9.74. The fourth-order valence-corrected chi connectivity index (χ4v) is 4.89. The third-order valence-electron chi connectivity index (χ3n) is 6.64. The van der Waals surface area contributed by atoms with Gasteiger partial charge in [0.2, 0.25) is 5.91 Å². The molecule has 3 aromatic carbocycles. The molecule has 0 N–H and O–H groups in total. The maximum absolute atomic E-state index is 13.8. The number of imide groups is 1. The van der Waals surface area contributed by atoms with E-state index in [0.717, 1.165) is 21.9 Å². The molecule has 0 unspecified atom stereocenters. The standard InChI is InChI=1S/C29H30N2O4/c1-20(21-11-6-5-7-12-21)26(33)31-25(32)17-18-30(28(34)35-4)27(31)29(2,3)19-23-15-10-14-22-13-8-9-16-24(22)23/h5-18,20,27H,19H2,1-4H3/t20-,27-/m1/s1. The molecule has 0 aromatic heterocycles. The third-order valence-corrected chi connectivity index (χ3v) is 6.64. The van der Waals surface area contributed by atoms with Gasteiger partial charge in [-0.1, -0.05) is 86.6 Å². The monoisotopic (exact) mass is 470 g/mol. The fourth-order valence-electron chi connectivity index (χ4n) is 4.89. The van der Waals surface area contributed by atoms with Crippen LogP contribution in [0.3, 0.4) is 0 Å². The van der Waals surface area contributed by atoms with Gasteiger partial charge in [0, 0.05) is 17.7 Å². The molecule has 0 bridgehead atoms. The van der Waals surface area contributed by atoms with Gasteiger partial charge in [-0.25, -0.2) is 4.79 Å². The van der Waals surface area contributed by atoms with Crippen molar-refractivity contribution in [2.24, 2.45) is 5.41 Å². The molecular formula is C29H30N2O4. The molecule has 0 saturated heterocycles. The Balaban J connectivity index is 1.78. The zero-order valence-electron chi connectivity index (χ0n) is 20.5. The van der Waals surface area contributed by atoms with E-state index >= 15 is 0 Å². The minimum Gasteiger partial charge on any atom is -0.452 e. The van der Waals surface area contributed by atoms with Crippen molar-refractivity contribution in [3.8, 4) is 0 Å². The highest BCUT2D eigenvalue weighted by Gasteiger charge is 2.48. The SMILES string of the molecule is COC(=O)N1C=CC(=O)N(C(=O)[C@H](C)c2ccccc2)[C@@H]1C(C)(C)Cc1cccc2ccccc12. The van der Waals surface area contributed by atoms with E-state index in [-0.39, 0.29) is 5.91 Å². The molecule has 35 heavy (non-hydrogen) atoms. The van der Waals surface area contributed by atoms with Crippen molar-refractivity contribution in [3.05, 3.63) is 96.2 Å². The largest absolute Gasteiger partial charge is 0.452 e. The number of ether oxygens (including phenoxy) is 1. The van der Waals surface area contributed by atoms with Crippen molar-refractivity contribution in [2.45, 2.75) is 39.3 Å². The van der Waals surface area contributed by atoms with Crippen LogP contribution in [0, 0.1) is 5.41 Å². The second-order valence-electron chi connectivity index (χ2n) is 9.55. The van der Waals surface area contributed by atoms with Crippen LogP contribution in [0.15, 0.2) is 85.1 Å². The normalized spacial score (nSPS) is 16.9. The van der Waals surface area contributed by atoms with Crippen LogP contribution in [0.2, 0.25) is 0 Å². The molecule has 0 radical (unpaired) electrons.